The van der Waals surface area contributed by atoms with Crippen LogP contribution in [0.4, 0.5) is 0 Å². The van der Waals surface area contributed by atoms with Gasteiger partial charge in [0.2, 0.25) is 0 Å². The molecule has 1 N–H and O–H groups in total. The van der Waals surface area contributed by atoms with Crippen molar-refractivity contribution in [2.75, 3.05) is 20.2 Å². The van der Waals surface area contributed by atoms with Crippen LogP contribution in [0.15, 0.2) is 24.3 Å². The third-order valence-corrected chi connectivity index (χ3v) is 5.03. The summed E-state index contributed by atoms with van der Waals surface area (Å²) < 4.78 is 5.05. The van der Waals surface area contributed by atoms with Crippen LogP contribution in [0, 0.1) is 5.92 Å². The summed E-state index contributed by atoms with van der Waals surface area (Å²) in [6.07, 6.45) is 3.05. The van der Waals surface area contributed by atoms with Crippen LogP contribution >= 0.6 is 0 Å². The van der Waals surface area contributed by atoms with Crippen LogP contribution < -0.4 is 0 Å². The fourth-order valence-corrected chi connectivity index (χ4v) is 4.10. The van der Waals surface area contributed by atoms with E-state index in [1.165, 1.54) is 29.3 Å². The Morgan fingerprint density at radius 2 is 2.19 bits per heavy atom. The molecule has 3 heterocycles. The van der Waals surface area contributed by atoms with Crippen molar-refractivity contribution < 1.29 is 9.53 Å². The van der Waals surface area contributed by atoms with Crippen LogP contribution in [0.3, 0.4) is 0 Å². The highest BCUT2D eigenvalue weighted by atomic mass is 16.5. The number of esters is 1. The van der Waals surface area contributed by atoms with Gasteiger partial charge in [-0.05, 0) is 37.4 Å². The Morgan fingerprint density at radius 1 is 1.33 bits per heavy atom. The number of rotatable bonds is 1. The fourth-order valence-electron chi connectivity index (χ4n) is 4.10. The van der Waals surface area contributed by atoms with Gasteiger partial charge in [-0.15, -0.1) is 0 Å². The number of fused-ring (bicyclic) bond motifs is 5. The van der Waals surface area contributed by atoms with Crippen molar-refractivity contribution >= 4 is 16.9 Å². The molecule has 1 saturated heterocycles. The molecule has 0 aliphatic carbocycles. The maximum atomic E-state index is 12.2. The maximum absolute atomic E-state index is 12.2. The van der Waals surface area contributed by atoms with E-state index in [9.17, 15) is 4.79 Å². The number of hydrogen-bond acceptors (Lipinski definition) is 3. The minimum absolute atomic E-state index is 0.0455. The van der Waals surface area contributed by atoms with E-state index in [0.29, 0.717) is 0 Å². The molecule has 21 heavy (non-hydrogen) atoms. The van der Waals surface area contributed by atoms with E-state index in [1.807, 2.05) is 0 Å². The summed E-state index contributed by atoms with van der Waals surface area (Å²) in [7, 11) is 1.50. The number of hydrogen-bond donors (Lipinski definition) is 1. The second-order valence-electron chi connectivity index (χ2n) is 6.07. The standard InChI is InChI=1S/C17H20N2O2/c1-21-17(20)13-6-4-9-19-10-8-12-11-5-2-3-7-14(11)18-15(12)16(13)19/h2-3,5,7,13,16,18H,4,6,8-10H2,1H3/t13-,16-/m0/s1. The number of methoxy groups -OCH3 is 1. The SMILES string of the molecule is COC(=O)[C@H]1CCCN2CCc3c([nH]c4ccccc34)[C@H]12. The highest BCUT2D eigenvalue weighted by Gasteiger charge is 2.41. The minimum Gasteiger partial charge on any atom is -0.469 e. The van der Waals surface area contributed by atoms with Crippen LogP contribution in [0.1, 0.15) is 30.1 Å². The monoisotopic (exact) mass is 284 g/mol. The van der Waals surface area contributed by atoms with E-state index < -0.39 is 0 Å². The minimum atomic E-state index is -0.0730. The van der Waals surface area contributed by atoms with Gasteiger partial charge in [-0.3, -0.25) is 9.69 Å². The normalized spacial score (nSPS) is 25.4. The van der Waals surface area contributed by atoms with E-state index in [1.54, 1.807) is 0 Å². The topological polar surface area (TPSA) is 45.3 Å². The first-order valence-corrected chi connectivity index (χ1v) is 7.71. The number of piperidine rings is 1. The molecule has 0 amide bonds. The number of nitrogens with zero attached hydrogens (tertiary/aromatic N) is 1. The largest absolute Gasteiger partial charge is 0.469 e. The fraction of sp³-hybridized carbons (Fsp3) is 0.471. The van der Waals surface area contributed by atoms with Gasteiger partial charge in [0, 0.05) is 23.1 Å². The van der Waals surface area contributed by atoms with Crippen molar-refractivity contribution in [1.29, 1.82) is 0 Å². The van der Waals surface area contributed by atoms with Crippen LogP contribution in [0.25, 0.3) is 10.9 Å². The maximum Gasteiger partial charge on any atom is 0.310 e. The molecule has 0 unspecified atom stereocenters. The first-order chi connectivity index (χ1) is 10.3. The lowest BCUT2D eigenvalue weighted by Gasteiger charge is -2.42. The quantitative estimate of drug-likeness (QED) is 0.819. The molecular formula is C17H20N2O2. The molecule has 4 heteroatoms. The van der Waals surface area contributed by atoms with Gasteiger partial charge in [-0.2, -0.15) is 0 Å². The Kier molecular flexibility index (Phi) is 3.00. The van der Waals surface area contributed by atoms with Gasteiger partial charge in [-0.1, -0.05) is 18.2 Å². The molecule has 0 bridgehead atoms. The lowest BCUT2D eigenvalue weighted by molar-refractivity contribution is -0.150. The van der Waals surface area contributed by atoms with Crippen molar-refractivity contribution in [3.8, 4) is 0 Å². The average molecular weight is 284 g/mol. The molecule has 4 nitrogen and oxygen atoms in total. The van der Waals surface area contributed by atoms with Gasteiger partial charge in [-0.25, -0.2) is 0 Å². The van der Waals surface area contributed by atoms with Crippen LogP contribution in [0.5, 0.6) is 0 Å². The Morgan fingerprint density at radius 3 is 3.05 bits per heavy atom. The number of aromatic nitrogens is 1. The lowest BCUT2D eigenvalue weighted by atomic mass is 9.82. The van der Waals surface area contributed by atoms with E-state index in [-0.39, 0.29) is 17.9 Å². The number of H-pyrrole nitrogens is 1. The second-order valence-corrected chi connectivity index (χ2v) is 6.07. The molecule has 2 atom stereocenters. The summed E-state index contributed by atoms with van der Waals surface area (Å²) in [5, 5.41) is 1.31. The Balaban J connectivity index is 1.85. The molecule has 1 aromatic carbocycles. The highest BCUT2D eigenvalue weighted by molar-refractivity contribution is 5.85. The van der Waals surface area contributed by atoms with E-state index in [0.717, 1.165) is 32.4 Å². The van der Waals surface area contributed by atoms with Gasteiger partial charge in [0.15, 0.2) is 0 Å². The van der Waals surface area contributed by atoms with E-state index in [4.69, 9.17) is 4.74 Å². The van der Waals surface area contributed by atoms with Crippen LogP contribution in [-0.2, 0) is 16.0 Å². The first-order valence-electron chi connectivity index (χ1n) is 7.71. The van der Waals surface area contributed by atoms with Gasteiger partial charge >= 0.3 is 5.97 Å². The van der Waals surface area contributed by atoms with Crippen molar-refractivity contribution in [3.05, 3.63) is 35.5 Å². The van der Waals surface area contributed by atoms with E-state index >= 15 is 0 Å². The number of aromatic amines is 1. The molecular weight excluding hydrogens is 264 g/mol. The number of para-hydroxylation sites is 1. The zero-order chi connectivity index (χ0) is 14.4. The summed E-state index contributed by atoms with van der Waals surface area (Å²) in [4.78, 5) is 18.2. The molecule has 2 aliphatic heterocycles. The molecule has 4 rings (SSSR count). The second kappa shape index (κ2) is 4.88. The van der Waals surface area contributed by atoms with E-state index in [2.05, 4.69) is 34.1 Å². The summed E-state index contributed by atoms with van der Waals surface area (Å²) in [6, 6.07) is 8.59. The number of nitrogens with one attached hydrogen (secondary N) is 1. The van der Waals surface area contributed by atoms with Crippen molar-refractivity contribution in [2.45, 2.75) is 25.3 Å². The molecule has 1 aromatic heterocycles. The lowest BCUT2D eigenvalue weighted by Crippen LogP contribution is -2.45. The summed E-state index contributed by atoms with van der Waals surface area (Å²) in [5.41, 5.74) is 3.80. The van der Waals surface area contributed by atoms with Crippen LogP contribution in [0.2, 0.25) is 0 Å². The third kappa shape index (κ3) is 1.89. The highest BCUT2D eigenvalue weighted by Crippen LogP contribution is 2.42. The number of benzene rings is 1. The first kappa shape index (κ1) is 12.9. The zero-order valence-electron chi connectivity index (χ0n) is 12.3. The molecule has 0 spiro atoms. The molecule has 0 radical (unpaired) electrons. The van der Waals surface area contributed by atoms with Crippen molar-refractivity contribution in [3.63, 3.8) is 0 Å². The predicted octanol–water partition coefficient (Wildman–Crippen LogP) is 2.65. The zero-order valence-corrected chi connectivity index (χ0v) is 12.3. The van der Waals surface area contributed by atoms with Crippen LogP contribution in [-0.4, -0.2) is 36.1 Å². The predicted molar refractivity (Wildman–Crippen MR) is 81.1 cm³/mol. The molecule has 2 aliphatic rings. The molecule has 2 aromatic rings. The smallest absolute Gasteiger partial charge is 0.310 e. The number of carbonyl (C=O) groups excluding carboxylic acids is 1. The molecule has 1 fully saturated rings. The Hall–Kier alpha value is -1.81. The van der Waals surface area contributed by atoms with Gasteiger partial charge < -0.3 is 9.72 Å². The third-order valence-electron chi connectivity index (χ3n) is 5.03. The van der Waals surface area contributed by atoms with Crippen molar-refractivity contribution in [1.82, 2.24) is 9.88 Å². The Bertz CT molecular complexity index is 691. The van der Waals surface area contributed by atoms with Gasteiger partial charge in [0.05, 0.1) is 19.1 Å². The summed E-state index contributed by atoms with van der Waals surface area (Å²) in [6.45, 7) is 2.11. The van der Waals surface area contributed by atoms with Gasteiger partial charge in [0.25, 0.3) is 0 Å². The summed E-state index contributed by atoms with van der Waals surface area (Å²) in [5.74, 6) is -0.118. The average Bonchev–Trinajstić information content (AvgIpc) is 2.92. The number of carbonyl (C=O) groups is 1. The Labute approximate surface area is 124 Å². The number of ether oxygens (including phenoxy) is 1. The van der Waals surface area contributed by atoms with Crippen molar-refractivity contribution in [2.24, 2.45) is 5.92 Å². The van der Waals surface area contributed by atoms with Gasteiger partial charge in [0.1, 0.15) is 0 Å². The molecule has 110 valence electrons. The molecule has 0 saturated carbocycles. The summed E-state index contributed by atoms with van der Waals surface area (Å²) >= 11 is 0.